The highest BCUT2D eigenvalue weighted by molar-refractivity contribution is 5.95. The van der Waals surface area contributed by atoms with Crippen molar-refractivity contribution in [2.45, 2.75) is 25.7 Å². The van der Waals surface area contributed by atoms with Gasteiger partial charge in [-0.25, -0.2) is 0 Å². The summed E-state index contributed by atoms with van der Waals surface area (Å²) in [5.41, 5.74) is 8.91. The molecule has 0 radical (unpaired) electrons. The molecule has 1 aromatic rings. The van der Waals surface area contributed by atoms with Crippen LogP contribution in [0.1, 0.15) is 25.7 Å². The first-order valence-electron chi connectivity index (χ1n) is 7.17. The molecule has 0 aromatic heterocycles. The summed E-state index contributed by atoms with van der Waals surface area (Å²) >= 11 is 0. The number of rotatable bonds is 7. The molecule has 1 amide bonds. The fourth-order valence-corrected chi connectivity index (χ4v) is 2.64. The van der Waals surface area contributed by atoms with Gasteiger partial charge in [0, 0.05) is 42.2 Å². The Morgan fingerprint density at radius 1 is 1.36 bits per heavy atom. The summed E-state index contributed by atoms with van der Waals surface area (Å²) in [6, 6.07) is 6.05. The van der Waals surface area contributed by atoms with Crippen molar-refractivity contribution in [3.63, 3.8) is 0 Å². The molecular weight excluding hydrogens is 286 g/mol. The average molecular weight is 303 g/mol. The first-order chi connectivity index (χ1) is 10.6. The van der Waals surface area contributed by atoms with E-state index in [1.165, 1.54) is 12.1 Å². The predicted molar refractivity (Wildman–Crippen MR) is 81.4 cm³/mol. The molecule has 22 heavy (non-hydrogen) atoms. The van der Waals surface area contributed by atoms with E-state index in [1.807, 2.05) is 0 Å². The van der Waals surface area contributed by atoms with E-state index in [-0.39, 0.29) is 17.5 Å². The first kappa shape index (κ1) is 15.8. The molecule has 2 rings (SSSR count). The molecule has 1 aliphatic heterocycles. The molecule has 0 spiro atoms. The van der Waals surface area contributed by atoms with Crippen LogP contribution in [-0.2, 0) is 4.79 Å². The Balaban J connectivity index is 1.89. The van der Waals surface area contributed by atoms with E-state index >= 15 is 0 Å². The predicted octanol–water partition coefficient (Wildman–Crippen LogP) is 3.43. The second kappa shape index (κ2) is 7.42. The normalized spacial score (nSPS) is 17.4. The van der Waals surface area contributed by atoms with Crippen molar-refractivity contribution in [2.75, 3.05) is 18.0 Å². The van der Waals surface area contributed by atoms with Crippen molar-refractivity contribution >= 4 is 17.3 Å². The highest BCUT2D eigenvalue weighted by Crippen LogP contribution is 2.29. The Morgan fingerprint density at radius 2 is 2.09 bits per heavy atom. The minimum absolute atomic E-state index is 0.0185. The molecule has 1 saturated heterocycles. The summed E-state index contributed by atoms with van der Waals surface area (Å²) in [4.78, 5) is 26.6. The summed E-state index contributed by atoms with van der Waals surface area (Å²) in [6.45, 7) is 1.13. The fraction of sp³-hybridized carbons (Fsp3) is 0.500. The van der Waals surface area contributed by atoms with Crippen LogP contribution < -0.4 is 4.90 Å². The summed E-state index contributed by atoms with van der Waals surface area (Å²) in [5, 5.41) is 14.1. The Kier molecular flexibility index (Phi) is 5.32. The molecule has 0 saturated carbocycles. The molecule has 116 valence electrons. The summed E-state index contributed by atoms with van der Waals surface area (Å²) in [5.74, 6) is 0.336. The number of nitro benzene ring substituents is 1. The van der Waals surface area contributed by atoms with Crippen LogP contribution >= 0.6 is 0 Å². The van der Waals surface area contributed by atoms with Crippen LogP contribution in [-0.4, -0.2) is 23.9 Å². The lowest BCUT2D eigenvalue weighted by atomic mass is 10.0. The zero-order valence-electron chi connectivity index (χ0n) is 12.1. The monoisotopic (exact) mass is 303 g/mol. The number of carbonyl (C=O) groups is 1. The maximum absolute atomic E-state index is 12.1. The molecule has 0 bridgehead atoms. The van der Waals surface area contributed by atoms with Gasteiger partial charge in [-0.2, -0.15) is 0 Å². The minimum atomic E-state index is -0.456. The van der Waals surface area contributed by atoms with Crippen molar-refractivity contribution < 1.29 is 9.72 Å². The van der Waals surface area contributed by atoms with Crippen molar-refractivity contribution in [3.05, 3.63) is 44.8 Å². The van der Waals surface area contributed by atoms with E-state index in [1.54, 1.807) is 17.0 Å². The molecular formula is C14H17N5O3. The molecule has 1 heterocycles. The first-order valence-corrected chi connectivity index (χ1v) is 7.17. The van der Waals surface area contributed by atoms with Gasteiger partial charge in [-0.1, -0.05) is 11.5 Å². The number of amides is 1. The lowest BCUT2D eigenvalue weighted by molar-refractivity contribution is -0.384. The molecule has 8 nitrogen and oxygen atoms in total. The van der Waals surface area contributed by atoms with Gasteiger partial charge in [0.1, 0.15) is 0 Å². The zero-order chi connectivity index (χ0) is 15.9. The van der Waals surface area contributed by atoms with E-state index in [2.05, 4.69) is 10.0 Å². The van der Waals surface area contributed by atoms with Crippen LogP contribution in [0.15, 0.2) is 29.4 Å². The molecule has 0 N–H and O–H groups in total. The highest BCUT2D eigenvalue weighted by atomic mass is 16.6. The van der Waals surface area contributed by atoms with Gasteiger partial charge in [-0.3, -0.25) is 14.9 Å². The van der Waals surface area contributed by atoms with E-state index in [0.717, 1.165) is 19.3 Å². The van der Waals surface area contributed by atoms with Gasteiger partial charge < -0.3 is 4.90 Å². The van der Waals surface area contributed by atoms with Gasteiger partial charge in [0.15, 0.2) is 0 Å². The molecule has 1 atom stereocenters. The third-order valence-electron chi connectivity index (χ3n) is 3.76. The number of benzene rings is 1. The number of hydrogen-bond donors (Lipinski definition) is 0. The molecule has 1 aliphatic rings. The molecule has 1 unspecified atom stereocenters. The molecule has 0 aliphatic carbocycles. The summed E-state index contributed by atoms with van der Waals surface area (Å²) in [7, 11) is 0. The number of nitro groups is 1. The van der Waals surface area contributed by atoms with Crippen LogP contribution in [0.4, 0.5) is 11.4 Å². The smallest absolute Gasteiger partial charge is 0.269 e. The van der Waals surface area contributed by atoms with Gasteiger partial charge >= 0.3 is 0 Å². The van der Waals surface area contributed by atoms with Crippen molar-refractivity contribution in [3.8, 4) is 0 Å². The fourth-order valence-electron chi connectivity index (χ4n) is 2.64. The van der Waals surface area contributed by atoms with Gasteiger partial charge in [0.2, 0.25) is 5.91 Å². The van der Waals surface area contributed by atoms with Gasteiger partial charge in [-0.15, -0.1) is 0 Å². The standard InChI is InChI=1S/C14H17N5O3/c15-17-16-8-2-1-3-11-9-14(20)18(10-11)12-4-6-13(7-5-12)19(21)22/h4-7,11H,1-3,8-10H2. The van der Waals surface area contributed by atoms with Crippen molar-refractivity contribution in [2.24, 2.45) is 11.0 Å². The van der Waals surface area contributed by atoms with Crippen LogP contribution in [0, 0.1) is 16.0 Å². The third-order valence-corrected chi connectivity index (χ3v) is 3.76. The maximum atomic E-state index is 12.1. The number of carbonyl (C=O) groups excluding carboxylic acids is 1. The minimum Gasteiger partial charge on any atom is -0.312 e. The summed E-state index contributed by atoms with van der Waals surface area (Å²) in [6.07, 6.45) is 3.16. The largest absolute Gasteiger partial charge is 0.312 e. The molecule has 8 heteroatoms. The van der Waals surface area contributed by atoms with Crippen molar-refractivity contribution in [1.29, 1.82) is 0 Å². The van der Waals surface area contributed by atoms with E-state index in [0.29, 0.717) is 25.2 Å². The van der Waals surface area contributed by atoms with E-state index < -0.39 is 4.92 Å². The maximum Gasteiger partial charge on any atom is 0.269 e. The number of non-ortho nitro benzene ring substituents is 1. The van der Waals surface area contributed by atoms with Gasteiger partial charge in [0.25, 0.3) is 5.69 Å². The second-order valence-electron chi connectivity index (χ2n) is 5.30. The van der Waals surface area contributed by atoms with Crippen LogP contribution in [0.2, 0.25) is 0 Å². The lowest BCUT2D eigenvalue weighted by Crippen LogP contribution is -2.24. The third kappa shape index (κ3) is 3.95. The van der Waals surface area contributed by atoms with Crippen LogP contribution in [0.5, 0.6) is 0 Å². The van der Waals surface area contributed by atoms with Gasteiger partial charge in [-0.05, 0) is 36.4 Å². The topological polar surface area (TPSA) is 112 Å². The van der Waals surface area contributed by atoms with Crippen molar-refractivity contribution in [1.82, 2.24) is 0 Å². The number of azide groups is 1. The molecule has 1 fully saturated rings. The second-order valence-corrected chi connectivity index (χ2v) is 5.30. The number of nitrogens with zero attached hydrogens (tertiary/aromatic N) is 5. The number of unbranched alkanes of at least 4 members (excludes halogenated alkanes) is 1. The van der Waals surface area contributed by atoms with E-state index in [9.17, 15) is 14.9 Å². The lowest BCUT2D eigenvalue weighted by Gasteiger charge is -2.16. The van der Waals surface area contributed by atoms with Crippen LogP contribution in [0.25, 0.3) is 10.4 Å². The molecule has 1 aromatic carbocycles. The Morgan fingerprint density at radius 3 is 2.73 bits per heavy atom. The number of hydrogen-bond acceptors (Lipinski definition) is 4. The SMILES string of the molecule is [N-]=[N+]=NCCCCC1CC(=O)N(c2ccc([N+](=O)[O-])cc2)C1. The summed E-state index contributed by atoms with van der Waals surface area (Å²) < 4.78 is 0. The Hall–Kier alpha value is -2.60. The zero-order valence-corrected chi connectivity index (χ0v) is 12.1. The van der Waals surface area contributed by atoms with Gasteiger partial charge in [0.05, 0.1) is 4.92 Å². The van der Waals surface area contributed by atoms with Crippen LogP contribution in [0.3, 0.4) is 0 Å². The highest BCUT2D eigenvalue weighted by Gasteiger charge is 2.30. The Bertz CT molecular complexity index is 595. The van der Waals surface area contributed by atoms with E-state index in [4.69, 9.17) is 5.53 Å². The number of anilines is 1. The quantitative estimate of drug-likeness (QED) is 0.192. The average Bonchev–Trinajstić information content (AvgIpc) is 2.88. The Labute approximate surface area is 127 Å².